The second-order valence-electron chi connectivity index (χ2n) is 8.64. The van der Waals surface area contributed by atoms with Crippen LogP contribution in [0.3, 0.4) is 0 Å². The molecule has 0 amide bonds. The topological polar surface area (TPSA) is 49.0 Å². The van der Waals surface area contributed by atoms with Crippen molar-refractivity contribution < 1.29 is 18.9 Å². The van der Waals surface area contributed by atoms with Crippen LogP contribution in [0.5, 0.6) is 23.0 Å². The Morgan fingerprint density at radius 2 is 1.65 bits per heavy atom. The molecule has 0 radical (unpaired) electrons. The average Bonchev–Trinajstić information content (AvgIpc) is 3.22. The molecule has 5 heteroatoms. The minimum atomic E-state index is 0.0797. The minimum Gasteiger partial charge on any atom is -0.491 e. The molecule has 0 aromatic heterocycles. The van der Waals surface area contributed by atoms with Gasteiger partial charge in [0.2, 0.25) is 0 Å². The van der Waals surface area contributed by atoms with E-state index in [0.717, 1.165) is 30.3 Å². The van der Waals surface area contributed by atoms with E-state index in [1.54, 1.807) is 0 Å². The predicted octanol–water partition coefficient (Wildman–Crippen LogP) is 5.75. The third-order valence-electron chi connectivity index (χ3n) is 5.02. The Labute approximate surface area is 187 Å². The zero-order valence-electron chi connectivity index (χ0n) is 19.4. The van der Waals surface area contributed by atoms with E-state index in [2.05, 4.69) is 23.5 Å². The molecule has 2 aromatic rings. The zero-order valence-corrected chi connectivity index (χ0v) is 19.4. The van der Waals surface area contributed by atoms with Crippen molar-refractivity contribution in [2.24, 2.45) is 0 Å². The summed E-state index contributed by atoms with van der Waals surface area (Å²) in [6, 6.07) is 14.1. The molecule has 1 aliphatic rings. The Kier molecular flexibility index (Phi) is 8.89. The molecule has 0 aliphatic heterocycles. The average molecular weight is 428 g/mol. The molecule has 0 atom stereocenters. The first-order chi connectivity index (χ1) is 15.0. The number of hydrogen-bond acceptors (Lipinski definition) is 5. The summed E-state index contributed by atoms with van der Waals surface area (Å²) in [5, 5.41) is 3.45. The van der Waals surface area contributed by atoms with Crippen LogP contribution in [0.15, 0.2) is 42.5 Å². The van der Waals surface area contributed by atoms with Gasteiger partial charge in [0.05, 0.1) is 18.3 Å². The molecule has 0 unspecified atom stereocenters. The normalized spacial score (nSPS) is 14.3. The molecule has 0 bridgehead atoms. The Morgan fingerprint density at radius 3 is 2.39 bits per heavy atom. The van der Waals surface area contributed by atoms with Gasteiger partial charge in [-0.3, -0.25) is 0 Å². The van der Waals surface area contributed by atoms with Gasteiger partial charge >= 0.3 is 0 Å². The van der Waals surface area contributed by atoms with Crippen molar-refractivity contribution in [2.45, 2.75) is 78.2 Å². The molecule has 0 spiro atoms. The van der Waals surface area contributed by atoms with Crippen molar-refractivity contribution in [1.29, 1.82) is 0 Å². The van der Waals surface area contributed by atoms with Crippen LogP contribution >= 0.6 is 0 Å². The number of nitrogens with one attached hydrogen (secondary N) is 1. The van der Waals surface area contributed by atoms with Crippen LogP contribution in [0.25, 0.3) is 0 Å². The Hall–Kier alpha value is -2.40. The predicted molar refractivity (Wildman–Crippen MR) is 124 cm³/mol. The third kappa shape index (κ3) is 7.98. The number of hydrogen-bond donors (Lipinski definition) is 1. The van der Waals surface area contributed by atoms with Gasteiger partial charge < -0.3 is 24.3 Å². The van der Waals surface area contributed by atoms with E-state index >= 15 is 0 Å². The van der Waals surface area contributed by atoms with Crippen molar-refractivity contribution in [2.75, 3.05) is 13.2 Å². The van der Waals surface area contributed by atoms with Gasteiger partial charge in [-0.25, -0.2) is 0 Å². The lowest BCUT2D eigenvalue weighted by Crippen LogP contribution is -2.21. The Bertz CT molecular complexity index is 800. The smallest absolute Gasteiger partial charge is 0.164 e. The maximum atomic E-state index is 6.11. The van der Waals surface area contributed by atoms with Crippen LogP contribution in [-0.2, 0) is 6.54 Å². The largest absolute Gasteiger partial charge is 0.491 e. The molecule has 1 saturated carbocycles. The van der Waals surface area contributed by atoms with E-state index in [1.807, 2.05) is 52.0 Å². The van der Waals surface area contributed by atoms with Crippen LogP contribution in [-0.4, -0.2) is 31.5 Å². The van der Waals surface area contributed by atoms with Gasteiger partial charge in [-0.1, -0.05) is 12.1 Å². The highest BCUT2D eigenvalue weighted by molar-refractivity contribution is 5.45. The van der Waals surface area contributed by atoms with Crippen LogP contribution in [0.4, 0.5) is 0 Å². The Morgan fingerprint density at radius 1 is 0.871 bits per heavy atom. The highest BCUT2D eigenvalue weighted by Crippen LogP contribution is 2.32. The van der Waals surface area contributed by atoms with E-state index in [1.165, 1.54) is 31.2 Å². The van der Waals surface area contributed by atoms with Gasteiger partial charge in [0.15, 0.2) is 11.5 Å². The van der Waals surface area contributed by atoms with Crippen molar-refractivity contribution in [3.05, 3.63) is 48.0 Å². The summed E-state index contributed by atoms with van der Waals surface area (Å²) in [6.07, 6.45) is 5.48. The van der Waals surface area contributed by atoms with Crippen molar-refractivity contribution in [3.63, 3.8) is 0 Å². The van der Waals surface area contributed by atoms with Gasteiger partial charge in [-0.2, -0.15) is 0 Å². The number of ether oxygens (including phenoxy) is 4. The first-order valence-electron chi connectivity index (χ1n) is 11.6. The Balaban J connectivity index is 1.47. The van der Waals surface area contributed by atoms with Gasteiger partial charge in [-0.15, -0.1) is 0 Å². The number of benzene rings is 2. The van der Waals surface area contributed by atoms with Gasteiger partial charge in [0.1, 0.15) is 18.1 Å². The molecule has 0 heterocycles. The molecular weight excluding hydrogens is 390 g/mol. The molecule has 3 rings (SSSR count). The molecule has 31 heavy (non-hydrogen) atoms. The minimum absolute atomic E-state index is 0.0797. The maximum absolute atomic E-state index is 6.11. The highest BCUT2D eigenvalue weighted by Gasteiger charge is 2.16. The van der Waals surface area contributed by atoms with E-state index < -0.39 is 0 Å². The maximum Gasteiger partial charge on any atom is 0.164 e. The first kappa shape index (κ1) is 23.3. The molecule has 170 valence electrons. The molecule has 0 saturated heterocycles. The molecule has 1 aliphatic carbocycles. The van der Waals surface area contributed by atoms with Crippen molar-refractivity contribution >= 4 is 0 Å². The second kappa shape index (κ2) is 11.8. The highest BCUT2D eigenvalue weighted by atomic mass is 16.5. The van der Waals surface area contributed by atoms with Crippen LogP contribution in [0.2, 0.25) is 0 Å². The van der Waals surface area contributed by atoms with E-state index in [9.17, 15) is 0 Å². The molecule has 1 fully saturated rings. The van der Waals surface area contributed by atoms with Crippen molar-refractivity contribution in [1.82, 2.24) is 5.32 Å². The van der Waals surface area contributed by atoms with Crippen LogP contribution in [0, 0.1) is 0 Å². The van der Waals surface area contributed by atoms with Gasteiger partial charge in [0.25, 0.3) is 0 Å². The first-order valence-corrected chi connectivity index (χ1v) is 11.6. The summed E-state index contributed by atoms with van der Waals surface area (Å²) < 4.78 is 23.8. The fourth-order valence-electron chi connectivity index (χ4n) is 3.69. The van der Waals surface area contributed by atoms with Gasteiger partial charge in [0, 0.05) is 19.2 Å². The van der Waals surface area contributed by atoms with Crippen LogP contribution in [0.1, 0.15) is 58.9 Å². The zero-order chi connectivity index (χ0) is 22.1. The quantitative estimate of drug-likeness (QED) is 0.437. The lowest BCUT2D eigenvalue weighted by atomic mass is 10.2. The summed E-state index contributed by atoms with van der Waals surface area (Å²) >= 11 is 0. The summed E-state index contributed by atoms with van der Waals surface area (Å²) in [5.74, 6) is 3.21. The summed E-state index contributed by atoms with van der Waals surface area (Å²) in [5.41, 5.74) is 1.21. The lowest BCUT2D eigenvalue weighted by Gasteiger charge is -2.17. The molecule has 5 nitrogen and oxygen atoms in total. The SMILES string of the molecule is CC(C)Oc1ccc(OC(C)C)c(OCCNCc2cccc(OC3CCCC3)c2)c1. The summed E-state index contributed by atoms with van der Waals surface area (Å²) in [6.45, 7) is 10.1. The monoisotopic (exact) mass is 427 g/mol. The van der Waals surface area contributed by atoms with Gasteiger partial charge in [-0.05, 0) is 83.2 Å². The van der Waals surface area contributed by atoms with Crippen molar-refractivity contribution in [3.8, 4) is 23.0 Å². The molecule has 2 aromatic carbocycles. The van der Waals surface area contributed by atoms with E-state index in [4.69, 9.17) is 18.9 Å². The molecule has 1 N–H and O–H groups in total. The number of rotatable bonds is 12. The fraction of sp³-hybridized carbons (Fsp3) is 0.538. The summed E-state index contributed by atoms with van der Waals surface area (Å²) in [7, 11) is 0. The third-order valence-corrected chi connectivity index (χ3v) is 5.02. The fourth-order valence-corrected chi connectivity index (χ4v) is 3.69. The standard InChI is InChI=1S/C26H37NO4/c1-19(2)29-24-12-13-25(30-20(3)4)26(17-24)28-15-14-27-18-21-8-7-11-23(16-21)31-22-9-5-6-10-22/h7-8,11-13,16-17,19-20,22,27H,5-6,9-10,14-15,18H2,1-4H3. The second-order valence-corrected chi connectivity index (χ2v) is 8.64. The lowest BCUT2D eigenvalue weighted by molar-refractivity contribution is 0.209. The summed E-state index contributed by atoms with van der Waals surface area (Å²) in [4.78, 5) is 0. The van der Waals surface area contributed by atoms with E-state index in [-0.39, 0.29) is 12.2 Å². The van der Waals surface area contributed by atoms with E-state index in [0.29, 0.717) is 18.5 Å². The molecular formula is C26H37NO4. The van der Waals surface area contributed by atoms with Crippen LogP contribution < -0.4 is 24.3 Å².